The number of benzene rings is 1. The quantitative estimate of drug-likeness (QED) is 0.763. The molecule has 0 radical (unpaired) electrons. The van der Waals surface area contributed by atoms with E-state index in [0.717, 1.165) is 12.8 Å². The molecule has 114 valence electrons. The molecule has 0 aliphatic heterocycles. The summed E-state index contributed by atoms with van der Waals surface area (Å²) in [4.78, 5) is 12.8. The first-order chi connectivity index (χ1) is 9.99. The number of halogens is 2. The molecule has 0 aromatic heterocycles. The molecule has 1 fully saturated rings. The highest BCUT2D eigenvalue weighted by Gasteiger charge is 2.28. The summed E-state index contributed by atoms with van der Waals surface area (Å²) in [5, 5.41) is 3.50. The van der Waals surface area contributed by atoms with Gasteiger partial charge in [-0.3, -0.25) is 4.79 Å². The molecule has 0 saturated heterocycles. The maximum Gasteiger partial charge on any atom is 0.253 e. The largest absolute Gasteiger partial charge is 0.392 e. The molecule has 1 unspecified atom stereocenters. The Labute approximate surface area is 143 Å². The lowest BCUT2D eigenvalue weighted by molar-refractivity contribution is 0.0931. The Bertz CT molecular complexity index is 546. The fraction of sp³-hybridized carbons (Fsp3) is 0.467. The number of thiocarbonyl (C=S) groups is 1. The highest BCUT2D eigenvalue weighted by molar-refractivity contribution is 9.10. The standard InChI is InChI=1S/C15H18BrClN2OS/c16-12-7-6-10(17)8-11(12)15(20)19-13(14(18)21)9-4-2-1-3-5-9/h6-9,13H,1-5H2,(H2,18,21)(H,19,20). The Morgan fingerprint density at radius 2 is 2.05 bits per heavy atom. The molecule has 3 nitrogen and oxygen atoms in total. The lowest BCUT2D eigenvalue weighted by Crippen LogP contribution is -2.48. The number of hydrogen-bond acceptors (Lipinski definition) is 2. The van der Waals surface area contributed by atoms with Gasteiger partial charge in [-0.15, -0.1) is 0 Å². The summed E-state index contributed by atoms with van der Waals surface area (Å²) in [7, 11) is 0. The van der Waals surface area contributed by atoms with E-state index < -0.39 is 0 Å². The lowest BCUT2D eigenvalue weighted by Gasteiger charge is -2.30. The summed E-state index contributed by atoms with van der Waals surface area (Å²) in [6.45, 7) is 0. The fourth-order valence-corrected chi connectivity index (χ4v) is 3.63. The fourth-order valence-electron chi connectivity index (χ4n) is 2.78. The smallest absolute Gasteiger partial charge is 0.253 e. The van der Waals surface area contributed by atoms with Crippen molar-refractivity contribution in [1.82, 2.24) is 5.32 Å². The maximum atomic E-state index is 12.5. The number of hydrogen-bond donors (Lipinski definition) is 2. The van der Waals surface area contributed by atoms with E-state index in [4.69, 9.17) is 29.6 Å². The number of nitrogens with two attached hydrogens (primary N) is 1. The Balaban J connectivity index is 2.14. The minimum absolute atomic E-state index is 0.201. The minimum atomic E-state index is -0.251. The van der Waals surface area contributed by atoms with Crippen molar-refractivity contribution >= 4 is 50.6 Å². The van der Waals surface area contributed by atoms with E-state index in [1.54, 1.807) is 18.2 Å². The molecular formula is C15H18BrClN2OS. The molecule has 6 heteroatoms. The van der Waals surface area contributed by atoms with Gasteiger partial charge < -0.3 is 11.1 Å². The third kappa shape index (κ3) is 4.41. The Morgan fingerprint density at radius 1 is 1.38 bits per heavy atom. The predicted molar refractivity (Wildman–Crippen MR) is 93.8 cm³/mol. The van der Waals surface area contributed by atoms with Crippen molar-refractivity contribution in [2.45, 2.75) is 38.1 Å². The molecule has 21 heavy (non-hydrogen) atoms. The third-order valence-corrected chi connectivity index (χ3v) is 5.07. The molecule has 0 heterocycles. The summed E-state index contributed by atoms with van der Waals surface area (Å²) < 4.78 is 0.703. The van der Waals surface area contributed by atoms with Crippen LogP contribution in [0.15, 0.2) is 22.7 Å². The van der Waals surface area contributed by atoms with Gasteiger partial charge in [0.25, 0.3) is 5.91 Å². The molecule has 1 aliphatic rings. The van der Waals surface area contributed by atoms with E-state index in [0.29, 0.717) is 26.0 Å². The highest BCUT2D eigenvalue weighted by Crippen LogP contribution is 2.27. The van der Waals surface area contributed by atoms with Crippen LogP contribution in [0, 0.1) is 5.92 Å². The maximum absolute atomic E-state index is 12.5. The van der Waals surface area contributed by atoms with E-state index >= 15 is 0 Å². The molecule has 0 spiro atoms. The SMILES string of the molecule is NC(=S)C(NC(=O)c1cc(Cl)ccc1Br)C1CCCCC1. The summed E-state index contributed by atoms with van der Waals surface area (Å²) in [6, 6.07) is 4.87. The Kier molecular flexibility index (Phi) is 6.02. The second kappa shape index (κ2) is 7.56. The van der Waals surface area contributed by atoms with Gasteiger partial charge in [0.15, 0.2) is 0 Å². The second-order valence-electron chi connectivity index (χ2n) is 5.38. The molecule has 1 saturated carbocycles. The van der Waals surface area contributed by atoms with Crippen LogP contribution < -0.4 is 11.1 Å². The summed E-state index contributed by atoms with van der Waals surface area (Å²) in [6.07, 6.45) is 5.69. The molecule has 1 aromatic rings. The number of nitrogens with one attached hydrogen (secondary N) is 1. The van der Waals surface area contributed by atoms with Gasteiger partial charge in [0.1, 0.15) is 0 Å². The molecule has 0 bridgehead atoms. The van der Waals surface area contributed by atoms with Crippen LogP contribution in [0.1, 0.15) is 42.5 Å². The number of carbonyl (C=O) groups excluding carboxylic acids is 1. The van der Waals surface area contributed by atoms with Crippen LogP contribution in [0.4, 0.5) is 0 Å². The van der Waals surface area contributed by atoms with Crippen molar-refractivity contribution < 1.29 is 4.79 Å². The van der Waals surface area contributed by atoms with Crippen LogP contribution in [0.5, 0.6) is 0 Å². The molecule has 1 amide bonds. The van der Waals surface area contributed by atoms with Gasteiger partial charge in [-0.05, 0) is 52.9 Å². The average molecular weight is 390 g/mol. The van der Waals surface area contributed by atoms with Crippen molar-refractivity contribution in [3.05, 3.63) is 33.3 Å². The first-order valence-electron chi connectivity index (χ1n) is 7.04. The number of rotatable bonds is 4. The van der Waals surface area contributed by atoms with Crippen LogP contribution in [-0.2, 0) is 0 Å². The Hall–Kier alpha value is -0.650. The third-order valence-electron chi connectivity index (χ3n) is 3.89. The van der Waals surface area contributed by atoms with Gasteiger partial charge in [0, 0.05) is 9.50 Å². The molecule has 1 atom stereocenters. The van der Waals surface area contributed by atoms with Gasteiger partial charge in [0.05, 0.1) is 16.6 Å². The van der Waals surface area contributed by atoms with Crippen LogP contribution in [0.3, 0.4) is 0 Å². The molecule has 3 N–H and O–H groups in total. The van der Waals surface area contributed by atoms with E-state index in [1.807, 2.05) is 0 Å². The van der Waals surface area contributed by atoms with Gasteiger partial charge >= 0.3 is 0 Å². The zero-order valence-corrected chi connectivity index (χ0v) is 14.7. The van der Waals surface area contributed by atoms with E-state index in [9.17, 15) is 4.79 Å². The minimum Gasteiger partial charge on any atom is -0.392 e. The van der Waals surface area contributed by atoms with Crippen LogP contribution in [-0.4, -0.2) is 16.9 Å². The topological polar surface area (TPSA) is 55.1 Å². The molecule has 1 aliphatic carbocycles. The Morgan fingerprint density at radius 3 is 2.67 bits per heavy atom. The van der Waals surface area contributed by atoms with Gasteiger partial charge in [-0.25, -0.2) is 0 Å². The molecule has 2 rings (SSSR count). The number of amides is 1. The van der Waals surface area contributed by atoms with Crippen molar-refractivity contribution in [3.63, 3.8) is 0 Å². The zero-order chi connectivity index (χ0) is 15.4. The average Bonchev–Trinajstić information content (AvgIpc) is 2.47. The van der Waals surface area contributed by atoms with E-state index in [2.05, 4.69) is 21.2 Å². The molecular weight excluding hydrogens is 372 g/mol. The van der Waals surface area contributed by atoms with Gasteiger partial charge in [-0.2, -0.15) is 0 Å². The second-order valence-corrected chi connectivity index (χ2v) is 7.14. The van der Waals surface area contributed by atoms with E-state index in [1.165, 1.54) is 19.3 Å². The normalized spacial score (nSPS) is 17.2. The first kappa shape index (κ1) is 16.7. The first-order valence-corrected chi connectivity index (χ1v) is 8.62. The lowest BCUT2D eigenvalue weighted by atomic mass is 9.83. The van der Waals surface area contributed by atoms with E-state index in [-0.39, 0.29) is 11.9 Å². The zero-order valence-electron chi connectivity index (χ0n) is 11.6. The summed E-state index contributed by atoms with van der Waals surface area (Å²) >= 11 is 14.5. The van der Waals surface area contributed by atoms with Crippen molar-refractivity contribution in [3.8, 4) is 0 Å². The van der Waals surface area contributed by atoms with Crippen molar-refractivity contribution in [2.75, 3.05) is 0 Å². The van der Waals surface area contributed by atoms with Crippen LogP contribution >= 0.6 is 39.7 Å². The van der Waals surface area contributed by atoms with Gasteiger partial charge in [0.2, 0.25) is 0 Å². The predicted octanol–water partition coefficient (Wildman–Crippen LogP) is 4.07. The van der Waals surface area contributed by atoms with Crippen LogP contribution in [0.2, 0.25) is 5.02 Å². The summed E-state index contributed by atoms with van der Waals surface area (Å²) in [5.74, 6) is 0.130. The van der Waals surface area contributed by atoms with Crippen LogP contribution in [0.25, 0.3) is 0 Å². The van der Waals surface area contributed by atoms with Crippen molar-refractivity contribution in [1.29, 1.82) is 0 Å². The number of carbonyl (C=O) groups is 1. The summed E-state index contributed by atoms with van der Waals surface area (Å²) in [5.41, 5.74) is 6.34. The molecule has 1 aromatic carbocycles. The van der Waals surface area contributed by atoms with Crippen molar-refractivity contribution in [2.24, 2.45) is 11.7 Å². The monoisotopic (exact) mass is 388 g/mol. The van der Waals surface area contributed by atoms with Gasteiger partial charge in [-0.1, -0.05) is 43.1 Å². The highest BCUT2D eigenvalue weighted by atomic mass is 79.9.